The molecule has 0 N–H and O–H groups in total. The summed E-state index contributed by atoms with van der Waals surface area (Å²) in [5, 5.41) is 0. The first kappa shape index (κ1) is 23.3. The Labute approximate surface area is 155 Å². The second kappa shape index (κ2) is 11.0. The van der Waals surface area contributed by atoms with Crippen molar-refractivity contribution in [3.63, 3.8) is 0 Å². The molecular weight excluding hydrogens is 439 g/mol. The van der Waals surface area contributed by atoms with E-state index in [2.05, 4.69) is 68.8 Å². The molecule has 0 radical (unpaired) electrons. The highest BCUT2D eigenvalue weighted by molar-refractivity contribution is 14.1. The molecule has 0 spiro atoms. The number of hydrogen-bond acceptors (Lipinski definition) is 3. The van der Waals surface area contributed by atoms with Crippen LogP contribution in [-0.4, -0.2) is 42.8 Å². The Bertz CT molecular complexity index is 300. The van der Waals surface area contributed by atoms with Gasteiger partial charge in [0.25, 0.3) is 0 Å². The molecule has 0 bridgehead atoms. The molecule has 0 aromatic rings. The fourth-order valence-corrected chi connectivity index (χ4v) is 17.3. The third kappa shape index (κ3) is 12.7. The smallest absolute Gasteiger partial charge is 0.311 e. The highest BCUT2D eigenvalue weighted by Crippen LogP contribution is 2.26. The topological polar surface area (TPSA) is 27.7 Å². The van der Waals surface area contributed by atoms with Gasteiger partial charge in [-0.3, -0.25) is 0 Å². The molecule has 134 valence electrons. The van der Waals surface area contributed by atoms with Crippen LogP contribution >= 0.6 is 22.6 Å². The Balaban J connectivity index is 4.29. The molecule has 0 fully saturated rings. The van der Waals surface area contributed by atoms with Gasteiger partial charge in [0, 0.05) is 11.0 Å². The first-order chi connectivity index (χ1) is 10.0. The van der Waals surface area contributed by atoms with Crippen LogP contribution in [0.5, 0.6) is 0 Å². The predicted molar refractivity (Wildman–Crippen MR) is 113 cm³/mol. The first-order valence-corrected chi connectivity index (χ1v) is 19.1. The van der Waals surface area contributed by atoms with Gasteiger partial charge in [-0.25, -0.2) is 0 Å². The Hall–Kier alpha value is 1.26. The van der Waals surface area contributed by atoms with E-state index in [9.17, 15) is 0 Å². The van der Waals surface area contributed by atoms with Crippen molar-refractivity contribution in [2.24, 2.45) is 0 Å². The molecule has 0 aromatic carbocycles. The fraction of sp³-hybridized carbons (Fsp3) is 1.00. The highest BCUT2D eigenvalue weighted by Gasteiger charge is 2.39. The quantitative estimate of drug-likeness (QED) is 0.146. The molecule has 0 aliphatic heterocycles. The minimum atomic E-state index is -2.02. The molecule has 0 atom stereocenters. The van der Waals surface area contributed by atoms with Crippen molar-refractivity contribution >= 4 is 47.8 Å². The summed E-state index contributed by atoms with van der Waals surface area (Å²) in [6, 6.07) is 2.40. The normalized spacial score (nSPS) is 13.6. The van der Waals surface area contributed by atoms with E-state index in [1.54, 1.807) is 0 Å². The van der Waals surface area contributed by atoms with Gasteiger partial charge >= 0.3 is 8.56 Å². The minimum Gasteiger partial charge on any atom is -0.437 e. The van der Waals surface area contributed by atoms with Gasteiger partial charge in [0.05, 0.1) is 6.61 Å². The molecule has 22 heavy (non-hydrogen) atoms. The second-order valence-electron chi connectivity index (χ2n) is 7.63. The van der Waals surface area contributed by atoms with Crippen molar-refractivity contribution in [2.75, 3.05) is 17.6 Å². The number of rotatable bonds is 13. The van der Waals surface area contributed by atoms with E-state index in [1.165, 1.54) is 18.9 Å². The lowest BCUT2D eigenvalue weighted by atomic mass is 10.4. The second-order valence-corrected chi connectivity index (χ2v) is 21.2. The van der Waals surface area contributed by atoms with Crippen LogP contribution in [0.1, 0.15) is 26.2 Å². The lowest BCUT2D eigenvalue weighted by molar-refractivity contribution is 0.151. The van der Waals surface area contributed by atoms with Crippen LogP contribution in [0.15, 0.2) is 0 Å². The summed E-state index contributed by atoms with van der Waals surface area (Å²) in [4.78, 5) is 0. The monoisotopic (exact) mass is 476 g/mol. The largest absolute Gasteiger partial charge is 0.437 e. The molecule has 0 saturated carbocycles. The van der Waals surface area contributed by atoms with Crippen molar-refractivity contribution in [1.29, 1.82) is 0 Å². The van der Waals surface area contributed by atoms with Gasteiger partial charge in [-0.1, -0.05) is 42.4 Å². The van der Waals surface area contributed by atoms with Crippen molar-refractivity contribution in [1.82, 2.24) is 0 Å². The molecular formula is C15H37IO3Si3. The van der Waals surface area contributed by atoms with Gasteiger partial charge in [-0.15, -0.1) is 0 Å². The molecule has 0 aromatic heterocycles. The van der Waals surface area contributed by atoms with E-state index < -0.39 is 25.2 Å². The van der Waals surface area contributed by atoms with E-state index in [-0.39, 0.29) is 0 Å². The zero-order valence-electron chi connectivity index (χ0n) is 15.8. The zero-order valence-corrected chi connectivity index (χ0v) is 20.9. The molecule has 0 aliphatic rings. The van der Waals surface area contributed by atoms with Gasteiger partial charge in [0.15, 0.2) is 16.6 Å². The first-order valence-electron chi connectivity index (χ1n) is 8.58. The van der Waals surface area contributed by atoms with Gasteiger partial charge in [-0.2, -0.15) is 0 Å². The number of alkyl halides is 1. The average Bonchev–Trinajstić information content (AvgIpc) is 2.33. The van der Waals surface area contributed by atoms with Crippen LogP contribution in [0, 0.1) is 0 Å². The molecule has 0 unspecified atom stereocenters. The van der Waals surface area contributed by atoms with Crippen LogP contribution in [0.2, 0.25) is 51.4 Å². The zero-order chi connectivity index (χ0) is 17.3. The number of ether oxygens (including phenoxy) is 1. The summed E-state index contributed by atoms with van der Waals surface area (Å²) in [5.41, 5.74) is 0. The van der Waals surface area contributed by atoms with Crippen LogP contribution in [0.25, 0.3) is 0 Å². The standard InChI is InChI=1S/C15H37IO3Si3/c1-8-9-14-20(2,3)18-22(6,7)19-21(4,5)15-10-12-17-13-11-16/h8-15H2,1-7H3. The van der Waals surface area contributed by atoms with Gasteiger partial charge < -0.3 is 13.0 Å². The predicted octanol–water partition coefficient (Wildman–Crippen LogP) is 5.77. The summed E-state index contributed by atoms with van der Waals surface area (Å²) in [6.07, 6.45) is 3.63. The lowest BCUT2D eigenvalue weighted by Crippen LogP contribution is -2.52. The van der Waals surface area contributed by atoms with Gasteiger partial charge in [0.2, 0.25) is 0 Å². The van der Waals surface area contributed by atoms with Crippen LogP contribution in [0.4, 0.5) is 0 Å². The van der Waals surface area contributed by atoms with Crippen molar-refractivity contribution in [3.05, 3.63) is 0 Å². The third-order valence-electron chi connectivity index (χ3n) is 3.47. The van der Waals surface area contributed by atoms with Crippen LogP contribution in [-0.2, 0) is 13.0 Å². The van der Waals surface area contributed by atoms with E-state index in [1.807, 2.05) is 0 Å². The van der Waals surface area contributed by atoms with Gasteiger partial charge in [-0.05, 0) is 57.8 Å². The Kier molecular flexibility index (Phi) is 11.6. The van der Waals surface area contributed by atoms with Gasteiger partial charge in [0.1, 0.15) is 0 Å². The molecule has 0 aliphatic carbocycles. The molecule has 0 amide bonds. The molecule has 0 rings (SSSR count). The van der Waals surface area contributed by atoms with Crippen LogP contribution < -0.4 is 0 Å². The Morgan fingerprint density at radius 2 is 1.27 bits per heavy atom. The summed E-state index contributed by atoms with van der Waals surface area (Å²) >= 11 is 2.35. The molecule has 3 nitrogen and oxygen atoms in total. The summed E-state index contributed by atoms with van der Waals surface area (Å²) in [7, 11) is -5.25. The maximum atomic E-state index is 6.58. The van der Waals surface area contributed by atoms with Crippen molar-refractivity contribution in [2.45, 2.75) is 77.6 Å². The Morgan fingerprint density at radius 1 is 0.773 bits per heavy atom. The van der Waals surface area contributed by atoms with E-state index >= 15 is 0 Å². The maximum Gasteiger partial charge on any atom is 0.311 e. The number of hydrogen-bond donors (Lipinski definition) is 0. The minimum absolute atomic E-state index is 0.863. The van der Waals surface area contributed by atoms with E-state index in [0.29, 0.717) is 0 Å². The maximum absolute atomic E-state index is 6.58. The molecule has 0 saturated heterocycles. The van der Waals surface area contributed by atoms with E-state index in [4.69, 9.17) is 13.0 Å². The SMILES string of the molecule is CCCC[Si](C)(C)O[Si](C)(C)O[Si](C)(C)CCCOCCI. The highest BCUT2D eigenvalue weighted by atomic mass is 127. The third-order valence-corrected chi connectivity index (χ3v) is 15.4. The molecule has 0 heterocycles. The average molecular weight is 477 g/mol. The lowest BCUT2D eigenvalue weighted by Gasteiger charge is -2.38. The summed E-state index contributed by atoms with van der Waals surface area (Å²) < 4.78 is 19.8. The van der Waals surface area contributed by atoms with E-state index in [0.717, 1.165) is 30.1 Å². The Morgan fingerprint density at radius 3 is 1.73 bits per heavy atom. The van der Waals surface area contributed by atoms with Crippen LogP contribution in [0.3, 0.4) is 0 Å². The van der Waals surface area contributed by atoms with Crippen molar-refractivity contribution < 1.29 is 13.0 Å². The summed E-state index contributed by atoms with van der Waals surface area (Å²) in [5.74, 6) is 0. The number of halogens is 1. The summed E-state index contributed by atoms with van der Waals surface area (Å²) in [6.45, 7) is 17.8. The molecule has 7 heteroatoms. The number of unbranched alkanes of at least 4 members (excludes halogenated alkanes) is 1. The fourth-order valence-electron chi connectivity index (χ4n) is 2.81. The van der Waals surface area contributed by atoms with Crippen molar-refractivity contribution in [3.8, 4) is 0 Å².